The van der Waals surface area contributed by atoms with Gasteiger partial charge in [0.25, 0.3) is 0 Å². The number of carbonyl (C=O) groups excluding carboxylic acids is 1. The third-order valence-electron chi connectivity index (χ3n) is 1.65. The molecule has 0 bridgehead atoms. The molecule has 0 radical (unpaired) electrons. The average Bonchev–Trinajstić information content (AvgIpc) is 2.23. The summed E-state index contributed by atoms with van der Waals surface area (Å²) < 4.78 is 5.25. The Labute approximate surface area is 97.3 Å². The van der Waals surface area contributed by atoms with E-state index in [1.54, 1.807) is 18.2 Å². The van der Waals surface area contributed by atoms with Gasteiger partial charge in [-0.15, -0.1) is 0 Å². The van der Waals surface area contributed by atoms with Gasteiger partial charge in [0.15, 0.2) is 0 Å². The first-order valence-electron chi connectivity index (χ1n) is 4.21. The Balaban J connectivity index is 2.44. The largest absolute Gasteiger partial charge is 0.493 e. The number of carbonyl (C=O) groups is 1. The van der Waals surface area contributed by atoms with Crippen LogP contribution in [-0.4, -0.2) is 12.5 Å². The molecule has 82 valence electrons. The summed E-state index contributed by atoms with van der Waals surface area (Å²) in [7, 11) is 0. The number of hydrogen-bond donors (Lipinski definition) is 2. The van der Waals surface area contributed by atoms with Gasteiger partial charge in [-0.3, -0.25) is 10.2 Å². The minimum absolute atomic E-state index is 0.191. The van der Waals surface area contributed by atoms with Crippen LogP contribution in [0.2, 0.25) is 10.0 Å². The van der Waals surface area contributed by atoms with Gasteiger partial charge < -0.3 is 4.74 Å². The van der Waals surface area contributed by atoms with Crippen molar-refractivity contribution in [2.24, 2.45) is 5.84 Å². The summed E-state index contributed by atoms with van der Waals surface area (Å²) in [5, 5.41) is 0.876. The first kappa shape index (κ1) is 12.1. The summed E-state index contributed by atoms with van der Waals surface area (Å²) in [5.74, 6) is 5.18. The van der Waals surface area contributed by atoms with Crippen molar-refractivity contribution in [3.63, 3.8) is 0 Å². The van der Waals surface area contributed by atoms with Crippen molar-refractivity contribution in [1.82, 2.24) is 5.43 Å². The molecule has 0 aliphatic rings. The SMILES string of the molecule is NNC(=O)CCOc1ccc(Cl)c(Cl)c1. The average molecular weight is 249 g/mol. The molecule has 3 N–H and O–H groups in total. The Bertz CT molecular complexity index is 358. The van der Waals surface area contributed by atoms with Crippen molar-refractivity contribution in [1.29, 1.82) is 0 Å². The molecule has 4 nitrogen and oxygen atoms in total. The monoisotopic (exact) mass is 248 g/mol. The van der Waals surface area contributed by atoms with Gasteiger partial charge in [0.2, 0.25) is 5.91 Å². The number of ether oxygens (including phenoxy) is 1. The van der Waals surface area contributed by atoms with Crippen LogP contribution in [0.3, 0.4) is 0 Å². The highest BCUT2D eigenvalue weighted by atomic mass is 35.5. The second kappa shape index (κ2) is 5.80. The molecular formula is C9H10Cl2N2O2. The number of halogens is 2. The maximum atomic E-state index is 10.8. The van der Waals surface area contributed by atoms with Gasteiger partial charge >= 0.3 is 0 Å². The Morgan fingerprint density at radius 1 is 1.40 bits per heavy atom. The summed E-state index contributed by atoms with van der Waals surface area (Å²) >= 11 is 11.5. The molecular weight excluding hydrogens is 239 g/mol. The number of hydrogen-bond acceptors (Lipinski definition) is 3. The molecule has 1 aromatic carbocycles. The molecule has 0 spiro atoms. The number of nitrogens with one attached hydrogen (secondary N) is 1. The van der Waals surface area contributed by atoms with Gasteiger partial charge in [-0.1, -0.05) is 23.2 Å². The Morgan fingerprint density at radius 3 is 2.73 bits per heavy atom. The van der Waals surface area contributed by atoms with E-state index in [1.807, 2.05) is 5.43 Å². The topological polar surface area (TPSA) is 64.3 Å². The van der Waals surface area contributed by atoms with Crippen LogP contribution in [0, 0.1) is 0 Å². The quantitative estimate of drug-likeness (QED) is 0.485. The van der Waals surface area contributed by atoms with Gasteiger partial charge in [-0.2, -0.15) is 0 Å². The van der Waals surface area contributed by atoms with Crippen LogP contribution in [0.5, 0.6) is 5.75 Å². The summed E-state index contributed by atoms with van der Waals surface area (Å²) in [5.41, 5.74) is 2.01. The van der Waals surface area contributed by atoms with Crippen LogP contribution in [-0.2, 0) is 4.79 Å². The van der Waals surface area contributed by atoms with Crippen molar-refractivity contribution in [2.45, 2.75) is 6.42 Å². The third kappa shape index (κ3) is 3.95. The summed E-state index contributed by atoms with van der Waals surface area (Å²) in [6, 6.07) is 4.89. The van der Waals surface area contributed by atoms with E-state index in [-0.39, 0.29) is 18.9 Å². The van der Waals surface area contributed by atoms with E-state index in [9.17, 15) is 4.79 Å². The number of amides is 1. The highest BCUT2D eigenvalue weighted by Crippen LogP contribution is 2.26. The van der Waals surface area contributed by atoms with Crippen LogP contribution >= 0.6 is 23.2 Å². The second-order valence-electron chi connectivity index (χ2n) is 2.74. The molecule has 0 atom stereocenters. The fourth-order valence-corrected chi connectivity index (χ4v) is 1.19. The van der Waals surface area contributed by atoms with E-state index < -0.39 is 0 Å². The van der Waals surface area contributed by atoms with Crippen LogP contribution in [0.25, 0.3) is 0 Å². The zero-order valence-corrected chi connectivity index (χ0v) is 9.31. The van der Waals surface area contributed by atoms with Crippen LogP contribution < -0.4 is 16.0 Å². The lowest BCUT2D eigenvalue weighted by atomic mass is 10.3. The molecule has 0 saturated heterocycles. The molecule has 0 aromatic heterocycles. The minimum atomic E-state index is -0.282. The normalized spacial score (nSPS) is 9.80. The highest BCUT2D eigenvalue weighted by molar-refractivity contribution is 6.42. The van der Waals surface area contributed by atoms with Gasteiger partial charge in [0.05, 0.1) is 23.1 Å². The molecule has 1 rings (SSSR count). The summed E-state index contributed by atoms with van der Waals surface area (Å²) in [6.45, 7) is 0.237. The van der Waals surface area contributed by atoms with Crippen molar-refractivity contribution >= 4 is 29.1 Å². The van der Waals surface area contributed by atoms with E-state index in [4.69, 9.17) is 33.8 Å². The van der Waals surface area contributed by atoms with E-state index in [0.29, 0.717) is 15.8 Å². The number of rotatable bonds is 4. The zero-order chi connectivity index (χ0) is 11.3. The fourth-order valence-electron chi connectivity index (χ4n) is 0.900. The Kier molecular flexibility index (Phi) is 4.68. The molecule has 0 fully saturated rings. The van der Waals surface area contributed by atoms with Crippen molar-refractivity contribution in [2.75, 3.05) is 6.61 Å². The molecule has 0 aliphatic carbocycles. The second-order valence-corrected chi connectivity index (χ2v) is 3.56. The van der Waals surface area contributed by atoms with Gasteiger partial charge in [0, 0.05) is 6.07 Å². The minimum Gasteiger partial charge on any atom is -0.493 e. The molecule has 0 aliphatic heterocycles. The Morgan fingerprint density at radius 2 is 2.13 bits per heavy atom. The first-order chi connectivity index (χ1) is 7.13. The molecule has 1 aromatic rings. The smallest absolute Gasteiger partial charge is 0.237 e. The van der Waals surface area contributed by atoms with Gasteiger partial charge in [0.1, 0.15) is 5.75 Å². The van der Waals surface area contributed by atoms with Crippen molar-refractivity contribution in [3.8, 4) is 5.75 Å². The predicted octanol–water partition coefficient (Wildman–Crippen LogP) is 1.75. The van der Waals surface area contributed by atoms with Crippen molar-refractivity contribution < 1.29 is 9.53 Å². The lowest BCUT2D eigenvalue weighted by molar-refractivity contribution is -0.121. The standard InChI is InChI=1S/C9H10Cl2N2O2/c10-7-2-1-6(5-8(7)11)15-4-3-9(14)13-12/h1-2,5H,3-4,12H2,(H,13,14). The molecule has 1 amide bonds. The number of nitrogens with two attached hydrogens (primary N) is 1. The van der Waals surface area contributed by atoms with Crippen LogP contribution in [0.1, 0.15) is 6.42 Å². The molecule has 15 heavy (non-hydrogen) atoms. The summed E-state index contributed by atoms with van der Waals surface area (Å²) in [4.78, 5) is 10.8. The lowest BCUT2D eigenvalue weighted by Gasteiger charge is -2.06. The van der Waals surface area contributed by atoms with E-state index in [1.165, 1.54) is 0 Å². The molecule has 6 heteroatoms. The summed E-state index contributed by atoms with van der Waals surface area (Å²) in [6.07, 6.45) is 0.191. The molecule has 0 heterocycles. The first-order valence-corrected chi connectivity index (χ1v) is 4.96. The Hall–Kier alpha value is -0.970. The third-order valence-corrected chi connectivity index (χ3v) is 2.39. The van der Waals surface area contributed by atoms with Crippen LogP contribution in [0.15, 0.2) is 18.2 Å². The predicted molar refractivity (Wildman–Crippen MR) is 58.9 cm³/mol. The molecule has 0 saturated carbocycles. The van der Waals surface area contributed by atoms with E-state index in [2.05, 4.69) is 0 Å². The van der Waals surface area contributed by atoms with E-state index >= 15 is 0 Å². The maximum absolute atomic E-state index is 10.8. The highest BCUT2D eigenvalue weighted by Gasteiger charge is 2.02. The maximum Gasteiger partial charge on any atom is 0.237 e. The lowest BCUT2D eigenvalue weighted by Crippen LogP contribution is -2.31. The van der Waals surface area contributed by atoms with Gasteiger partial charge in [-0.05, 0) is 12.1 Å². The fraction of sp³-hybridized carbons (Fsp3) is 0.222. The number of hydrazine groups is 1. The van der Waals surface area contributed by atoms with E-state index in [0.717, 1.165) is 0 Å². The number of benzene rings is 1. The van der Waals surface area contributed by atoms with Crippen LogP contribution in [0.4, 0.5) is 0 Å². The van der Waals surface area contributed by atoms with Gasteiger partial charge in [-0.25, -0.2) is 5.84 Å². The van der Waals surface area contributed by atoms with Crippen molar-refractivity contribution in [3.05, 3.63) is 28.2 Å². The molecule has 0 unspecified atom stereocenters. The zero-order valence-electron chi connectivity index (χ0n) is 7.80.